The van der Waals surface area contributed by atoms with Crippen LogP contribution in [-0.4, -0.2) is 95.5 Å². The number of alkyl halides is 22. The molecule has 2 aliphatic carbocycles. The summed E-state index contributed by atoms with van der Waals surface area (Å²) in [5.74, 6) is -85.1. The third-order valence-corrected chi connectivity index (χ3v) is 6.97. The molecule has 2 saturated carbocycles. The summed E-state index contributed by atoms with van der Waals surface area (Å²) in [5.41, 5.74) is -17.2. The van der Waals surface area contributed by atoms with Crippen LogP contribution >= 0.6 is 0 Å². The highest BCUT2D eigenvalue weighted by Gasteiger charge is 3.04. The number of halogens is 22. The first-order chi connectivity index (χ1) is 19.3. The maximum atomic E-state index is 14.7. The van der Waals surface area contributed by atoms with E-state index in [1.54, 1.807) is 0 Å². The van der Waals surface area contributed by atoms with E-state index in [0.29, 0.717) is 24.5 Å². The van der Waals surface area contributed by atoms with Gasteiger partial charge in [0.15, 0.2) is 0 Å². The molecule has 0 heterocycles. The molecule has 26 heteroatoms. The lowest BCUT2D eigenvalue weighted by Crippen LogP contribution is -2.86. The molecular formula is C19H12F22N2O2. The van der Waals surface area contributed by atoms with E-state index in [-0.39, 0.29) is 0 Å². The fourth-order valence-electron chi connectivity index (χ4n) is 3.96. The van der Waals surface area contributed by atoms with Crippen molar-refractivity contribution in [2.45, 2.75) is 84.4 Å². The van der Waals surface area contributed by atoms with Crippen molar-refractivity contribution >= 4 is 11.8 Å². The van der Waals surface area contributed by atoms with Gasteiger partial charge >= 0.3 is 70.6 Å². The van der Waals surface area contributed by atoms with E-state index in [2.05, 4.69) is 0 Å². The number of hydrogen-bond acceptors (Lipinski definition) is 2. The molecule has 264 valence electrons. The smallest absolute Gasteiger partial charge is 0.352 e. The lowest BCUT2D eigenvalue weighted by molar-refractivity contribution is -0.476. The normalized spacial score (nSPS) is 30.0. The Hall–Kier alpha value is -2.60. The molecule has 2 fully saturated rings. The third-order valence-electron chi connectivity index (χ3n) is 6.97. The highest BCUT2D eigenvalue weighted by molar-refractivity contribution is 5.89. The van der Waals surface area contributed by atoms with Gasteiger partial charge in [0.2, 0.25) is 0 Å². The second-order valence-corrected chi connectivity index (χ2v) is 10.6. The zero-order valence-electron chi connectivity index (χ0n) is 21.0. The lowest BCUT2D eigenvalue weighted by Gasteiger charge is -2.51. The molecule has 2 N–H and O–H groups in total. The molecule has 0 atom stereocenters. The van der Waals surface area contributed by atoms with Crippen LogP contribution in [0.15, 0.2) is 0 Å². The van der Waals surface area contributed by atoms with Crippen molar-refractivity contribution in [3.05, 3.63) is 0 Å². The second-order valence-electron chi connectivity index (χ2n) is 10.6. The minimum absolute atomic E-state index is 0.326. The molecule has 0 radical (unpaired) electrons. The highest BCUT2D eigenvalue weighted by Crippen LogP contribution is 2.71. The van der Waals surface area contributed by atoms with Crippen LogP contribution < -0.4 is 10.6 Å². The molecule has 45 heavy (non-hydrogen) atoms. The van der Waals surface area contributed by atoms with Crippen molar-refractivity contribution < 1.29 is 106 Å². The van der Waals surface area contributed by atoms with Crippen molar-refractivity contribution in [2.75, 3.05) is 13.1 Å². The number of nitrogens with one attached hydrogen (secondary N) is 2. The second kappa shape index (κ2) is 9.27. The van der Waals surface area contributed by atoms with Crippen LogP contribution in [0.2, 0.25) is 0 Å². The van der Waals surface area contributed by atoms with E-state index in [4.69, 9.17) is 0 Å². The van der Waals surface area contributed by atoms with Crippen molar-refractivity contribution in [1.29, 1.82) is 0 Å². The van der Waals surface area contributed by atoms with Gasteiger partial charge in [0.1, 0.15) is 0 Å². The highest BCUT2D eigenvalue weighted by atomic mass is 19.4. The number of hydrogen-bond donors (Lipinski definition) is 2. The molecule has 0 aliphatic heterocycles. The summed E-state index contributed by atoms with van der Waals surface area (Å²) in [6.45, 7) is -3.36. The maximum absolute atomic E-state index is 14.7. The Morgan fingerprint density at radius 2 is 0.533 bits per heavy atom. The molecule has 2 rings (SSSR count). The first-order valence-electron chi connectivity index (χ1n) is 11.0. The SMILES string of the molecule is CC(C)(CNC(=O)C1(F)C(F)(F)C(F)(F)C(F)(F)C(F)(F)C1(F)F)CNC(=O)C1(F)C(F)(F)C(F)(F)C(F)(F)C(F)(F)C1(F)F. The third kappa shape index (κ3) is 3.84. The quantitative estimate of drug-likeness (QED) is 0.330. The molecule has 4 nitrogen and oxygen atoms in total. The zero-order valence-corrected chi connectivity index (χ0v) is 21.0. The van der Waals surface area contributed by atoms with E-state index in [1.807, 2.05) is 0 Å². The summed E-state index contributed by atoms with van der Waals surface area (Å²) in [6, 6.07) is 0. The maximum Gasteiger partial charge on any atom is 0.384 e. The van der Waals surface area contributed by atoms with E-state index in [0.717, 1.165) is 0 Å². The number of amides is 2. The fourth-order valence-corrected chi connectivity index (χ4v) is 3.96. The minimum Gasteiger partial charge on any atom is -0.352 e. The molecular weight excluding hydrogens is 706 g/mol. The zero-order chi connectivity index (χ0) is 36.5. The van der Waals surface area contributed by atoms with E-state index >= 15 is 0 Å². The van der Waals surface area contributed by atoms with E-state index < -0.39 is 101 Å². The van der Waals surface area contributed by atoms with Gasteiger partial charge in [0.05, 0.1) is 0 Å². The van der Waals surface area contributed by atoms with Crippen LogP contribution in [0.25, 0.3) is 0 Å². The average molecular weight is 718 g/mol. The van der Waals surface area contributed by atoms with Crippen molar-refractivity contribution in [3.8, 4) is 0 Å². The molecule has 2 amide bonds. The Bertz CT molecular complexity index is 1090. The molecule has 0 spiro atoms. The predicted octanol–water partition coefficient (Wildman–Crippen LogP) is 6.04. The van der Waals surface area contributed by atoms with Gasteiger partial charge in [-0.25, -0.2) is 8.78 Å². The van der Waals surface area contributed by atoms with Gasteiger partial charge in [-0.3, -0.25) is 9.59 Å². The van der Waals surface area contributed by atoms with Gasteiger partial charge in [-0.15, -0.1) is 0 Å². The van der Waals surface area contributed by atoms with Crippen LogP contribution in [0.3, 0.4) is 0 Å². The topological polar surface area (TPSA) is 58.2 Å². The summed E-state index contributed by atoms with van der Waals surface area (Å²) in [4.78, 5) is 23.7. The fraction of sp³-hybridized carbons (Fsp3) is 0.895. The largest absolute Gasteiger partial charge is 0.384 e. The first kappa shape index (κ1) is 38.6. The molecule has 2 aliphatic rings. The summed E-state index contributed by atoms with van der Waals surface area (Å²) in [7, 11) is 0. The lowest BCUT2D eigenvalue weighted by atomic mass is 9.71. The average Bonchev–Trinajstić information content (AvgIpc) is 2.86. The van der Waals surface area contributed by atoms with Crippen LogP contribution in [0.4, 0.5) is 96.6 Å². The molecule has 0 aromatic carbocycles. The number of rotatable bonds is 6. The van der Waals surface area contributed by atoms with Crippen molar-refractivity contribution in [2.24, 2.45) is 5.41 Å². The first-order valence-corrected chi connectivity index (χ1v) is 11.0. The van der Waals surface area contributed by atoms with Crippen LogP contribution in [0.1, 0.15) is 13.8 Å². The molecule has 0 saturated heterocycles. The number of carbonyl (C=O) groups excluding carboxylic acids is 2. The molecule has 0 aromatic heterocycles. The Balaban J connectivity index is 2.41. The predicted molar refractivity (Wildman–Crippen MR) is 96.9 cm³/mol. The van der Waals surface area contributed by atoms with Crippen molar-refractivity contribution in [3.63, 3.8) is 0 Å². The van der Waals surface area contributed by atoms with Gasteiger partial charge in [-0.2, -0.15) is 87.8 Å². The Morgan fingerprint density at radius 1 is 0.378 bits per heavy atom. The molecule has 0 bridgehead atoms. The van der Waals surface area contributed by atoms with Gasteiger partial charge < -0.3 is 10.6 Å². The van der Waals surface area contributed by atoms with Gasteiger partial charge in [-0.05, 0) is 5.41 Å². The summed E-state index contributed by atoms with van der Waals surface area (Å²) < 4.78 is 303. The number of carbonyl (C=O) groups is 2. The summed E-state index contributed by atoms with van der Waals surface area (Å²) in [5, 5.41) is 0.927. The Kier molecular flexibility index (Phi) is 7.94. The van der Waals surface area contributed by atoms with Crippen molar-refractivity contribution in [1.82, 2.24) is 10.6 Å². The summed E-state index contributed by atoms with van der Waals surface area (Å²) in [6.07, 6.45) is 0. The van der Waals surface area contributed by atoms with E-state index in [1.165, 1.54) is 0 Å². The summed E-state index contributed by atoms with van der Waals surface area (Å²) >= 11 is 0. The Labute approximate surface area is 232 Å². The van der Waals surface area contributed by atoms with Crippen LogP contribution in [-0.2, 0) is 9.59 Å². The van der Waals surface area contributed by atoms with Gasteiger partial charge in [-0.1, -0.05) is 13.8 Å². The van der Waals surface area contributed by atoms with Gasteiger partial charge in [0, 0.05) is 13.1 Å². The van der Waals surface area contributed by atoms with Gasteiger partial charge in [0.25, 0.3) is 11.8 Å². The molecule has 0 unspecified atom stereocenters. The monoisotopic (exact) mass is 718 g/mol. The standard InChI is InChI=1S/C19H12F22N2O2/c1-7(2,3-42-5(44)8(20)10(22,23)14(30,31)18(38,39)15(32,33)11(8,24)25)4-43-6(45)9(21)12(26,27)16(34,35)19(40,41)17(36,37)13(9,28)29/h3-4H2,1-2H3,(H,42,44)(H,43,45). The van der Waals surface area contributed by atoms with Crippen LogP contribution in [0, 0.1) is 5.41 Å². The van der Waals surface area contributed by atoms with Crippen LogP contribution in [0.5, 0.6) is 0 Å². The minimum atomic E-state index is -7.74. The Morgan fingerprint density at radius 3 is 0.711 bits per heavy atom. The molecule has 0 aromatic rings. The van der Waals surface area contributed by atoms with E-state index in [9.17, 15) is 106 Å².